The molecule has 0 radical (unpaired) electrons. The maximum Gasteiger partial charge on any atom is 0.165 e. The Bertz CT molecular complexity index is 491. The quantitative estimate of drug-likeness (QED) is 0.903. The normalized spacial score (nSPS) is 12.4. The molecular formula is C13H13NO2S. The van der Waals surface area contributed by atoms with Crippen LogP contribution >= 0.6 is 11.3 Å². The molecule has 1 N–H and O–H groups in total. The van der Waals surface area contributed by atoms with Crippen molar-refractivity contribution in [2.75, 3.05) is 6.61 Å². The molecule has 17 heavy (non-hydrogen) atoms. The molecule has 3 nitrogen and oxygen atoms in total. The number of carbonyl (C=O) groups excluding carboxylic acids is 1. The first-order chi connectivity index (χ1) is 8.22. The van der Waals surface area contributed by atoms with Gasteiger partial charge < -0.3 is 5.11 Å². The number of benzene rings is 1. The highest BCUT2D eigenvalue weighted by atomic mass is 32.1. The van der Waals surface area contributed by atoms with Gasteiger partial charge >= 0.3 is 0 Å². The van der Waals surface area contributed by atoms with Crippen LogP contribution in [0.2, 0.25) is 0 Å². The first-order valence-electron chi connectivity index (χ1n) is 5.34. The smallest absolute Gasteiger partial charge is 0.165 e. The summed E-state index contributed by atoms with van der Waals surface area (Å²) in [4.78, 5) is 15.6. The van der Waals surface area contributed by atoms with Crippen LogP contribution in [-0.2, 0) is 4.79 Å². The lowest BCUT2D eigenvalue weighted by atomic mass is 9.96. The lowest BCUT2D eigenvalue weighted by Crippen LogP contribution is -2.12. The Morgan fingerprint density at radius 1 is 1.41 bits per heavy atom. The summed E-state index contributed by atoms with van der Waals surface area (Å²) < 4.78 is 0. The standard InChI is InChI=1S/C13H13NO2S/c1-9(13(16)6-15)10-2-4-11(5-3-10)12-7-17-8-14-12/h2-5,7-9,15H,6H2,1H3. The van der Waals surface area contributed by atoms with Crippen LogP contribution in [0.5, 0.6) is 0 Å². The van der Waals surface area contributed by atoms with Gasteiger partial charge in [-0.15, -0.1) is 11.3 Å². The van der Waals surface area contributed by atoms with Crippen molar-refractivity contribution in [3.8, 4) is 11.3 Å². The van der Waals surface area contributed by atoms with E-state index < -0.39 is 6.61 Å². The van der Waals surface area contributed by atoms with Gasteiger partial charge in [-0.3, -0.25) is 4.79 Å². The highest BCUT2D eigenvalue weighted by Gasteiger charge is 2.13. The van der Waals surface area contributed by atoms with Gasteiger partial charge in [0.1, 0.15) is 6.61 Å². The number of Topliss-reactive ketones (excluding diaryl/α,β-unsaturated/α-hetero) is 1. The summed E-state index contributed by atoms with van der Waals surface area (Å²) in [5, 5.41) is 10.8. The van der Waals surface area contributed by atoms with Crippen molar-refractivity contribution in [1.82, 2.24) is 4.98 Å². The molecule has 4 heteroatoms. The fraction of sp³-hybridized carbons (Fsp3) is 0.231. The van der Waals surface area contributed by atoms with E-state index in [-0.39, 0.29) is 11.7 Å². The molecule has 1 atom stereocenters. The van der Waals surface area contributed by atoms with Crippen molar-refractivity contribution in [2.24, 2.45) is 0 Å². The van der Waals surface area contributed by atoms with Crippen molar-refractivity contribution in [3.05, 3.63) is 40.7 Å². The second-order valence-corrected chi connectivity index (χ2v) is 4.56. The molecule has 1 aromatic carbocycles. The fourth-order valence-corrected chi connectivity index (χ4v) is 2.18. The van der Waals surface area contributed by atoms with Crippen LogP contribution in [0, 0.1) is 0 Å². The minimum atomic E-state index is -0.408. The number of ketones is 1. The van der Waals surface area contributed by atoms with Crippen LogP contribution in [0.1, 0.15) is 18.4 Å². The predicted octanol–water partition coefficient (Wildman–Crippen LogP) is 2.48. The molecule has 0 amide bonds. The molecule has 2 rings (SSSR count). The second kappa shape index (κ2) is 5.21. The highest BCUT2D eigenvalue weighted by Crippen LogP contribution is 2.22. The number of aliphatic hydroxyl groups excluding tert-OH is 1. The Morgan fingerprint density at radius 3 is 2.65 bits per heavy atom. The van der Waals surface area contributed by atoms with Crippen LogP contribution in [0.3, 0.4) is 0 Å². The Balaban J connectivity index is 2.21. The van der Waals surface area contributed by atoms with Crippen molar-refractivity contribution in [2.45, 2.75) is 12.8 Å². The van der Waals surface area contributed by atoms with E-state index >= 15 is 0 Å². The first kappa shape index (κ1) is 12.0. The molecule has 0 saturated heterocycles. The van der Waals surface area contributed by atoms with Gasteiger partial charge in [0.15, 0.2) is 5.78 Å². The third-order valence-electron chi connectivity index (χ3n) is 2.78. The summed E-state index contributed by atoms with van der Waals surface area (Å²) >= 11 is 1.56. The Kier molecular flexibility index (Phi) is 3.66. The first-order valence-corrected chi connectivity index (χ1v) is 6.28. The zero-order valence-corrected chi connectivity index (χ0v) is 10.3. The average Bonchev–Trinajstić information content (AvgIpc) is 2.91. The highest BCUT2D eigenvalue weighted by molar-refractivity contribution is 7.07. The second-order valence-electron chi connectivity index (χ2n) is 3.84. The Hall–Kier alpha value is -1.52. The Morgan fingerprint density at radius 2 is 2.12 bits per heavy atom. The Labute approximate surface area is 104 Å². The molecule has 88 valence electrons. The van der Waals surface area contributed by atoms with Gasteiger partial charge in [0.2, 0.25) is 0 Å². The van der Waals surface area contributed by atoms with Gasteiger partial charge in [-0.25, -0.2) is 4.98 Å². The van der Waals surface area contributed by atoms with E-state index in [9.17, 15) is 4.79 Å². The molecule has 0 spiro atoms. The van der Waals surface area contributed by atoms with Gasteiger partial charge in [0.05, 0.1) is 11.2 Å². The third-order valence-corrected chi connectivity index (χ3v) is 3.36. The summed E-state index contributed by atoms with van der Waals surface area (Å²) in [7, 11) is 0. The lowest BCUT2D eigenvalue weighted by Gasteiger charge is -2.09. The van der Waals surface area contributed by atoms with Crippen molar-refractivity contribution < 1.29 is 9.90 Å². The molecule has 0 aliphatic carbocycles. The number of aliphatic hydroxyl groups is 1. The van der Waals surface area contributed by atoms with E-state index in [4.69, 9.17) is 5.11 Å². The van der Waals surface area contributed by atoms with E-state index in [0.717, 1.165) is 16.8 Å². The van der Waals surface area contributed by atoms with Crippen molar-refractivity contribution in [3.63, 3.8) is 0 Å². The number of rotatable bonds is 4. The van der Waals surface area contributed by atoms with E-state index in [0.29, 0.717) is 0 Å². The minimum Gasteiger partial charge on any atom is -0.389 e. The van der Waals surface area contributed by atoms with E-state index in [1.807, 2.05) is 29.6 Å². The van der Waals surface area contributed by atoms with Crippen LogP contribution in [-0.4, -0.2) is 22.5 Å². The molecule has 1 heterocycles. The fourth-order valence-electron chi connectivity index (χ4n) is 1.62. The topological polar surface area (TPSA) is 50.2 Å². The van der Waals surface area contributed by atoms with Gasteiger partial charge in [0, 0.05) is 16.9 Å². The summed E-state index contributed by atoms with van der Waals surface area (Å²) in [5.41, 5.74) is 4.70. The van der Waals surface area contributed by atoms with Crippen molar-refractivity contribution in [1.29, 1.82) is 0 Å². The van der Waals surface area contributed by atoms with E-state index in [1.54, 1.807) is 23.8 Å². The van der Waals surface area contributed by atoms with E-state index in [2.05, 4.69) is 4.98 Å². The zero-order chi connectivity index (χ0) is 12.3. The maximum absolute atomic E-state index is 11.4. The summed E-state index contributed by atoms with van der Waals surface area (Å²) in [5.74, 6) is -0.420. The molecule has 0 aliphatic rings. The number of thiazole rings is 1. The minimum absolute atomic E-state index is 0.161. The number of aromatic nitrogens is 1. The monoisotopic (exact) mass is 247 g/mol. The third kappa shape index (κ3) is 2.60. The summed E-state index contributed by atoms with van der Waals surface area (Å²) in [6.07, 6.45) is 0. The maximum atomic E-state index is 11.4. The molecule has 1 unspecified atom stereocenters. The van der Waals surface area contributed by atoms with Crippen LogP contribution < -0.4 is 0 Å². The molecule has 2 aromatic rings. The molecule has 1 aromatic heterocycles. The van der Waals surface area contributed by atoms with Gasteiger partial charge in [0.25, 0.3) is 0 Å². The van der Waals surface area contributed by atoms with Crippen LogP contribution in [0.15, 0.2) is 35.2 Å². The number of carbonyl (C=O) groups is 1. The number of hydrogen-bond donors (Lipinski definition) is 1. The predicted molar refractivity (Wildman–Crippen MR) is 68.1 cm³/mol. The molecular weight excluding hydrogens is 234 g/mol. The lowest BCUT2D eigenvalue weighted by molar-refractivity contribution is -0.122. The molecule has 0 bridgehead atoms. The van der Waals surface area contributed by atoms with Crippen LogP contribution in [0.25, 0.3) is 11.3 Å². The summed E-state index contributed by atoms with van der Waals surface area (Å²) in [6.45, 7) is 1.39. The molecule has 0 aliphatic heterocycles. The summed E-state index contributed by atoms with van der Waals surface area (Å²) in [6, 6.07) is 7.72. The van der Waals surface area contributed by atoms with E-state index in [1.165, 1.54) is 0 Å². The largest absolute Gasteiger partial charge is 0.389 e. The van der Waals surface area contributed by atoms with Crippen molar-refractivity contribution >= 4 is 17.1 Å². The number of nitrogens with zero attached hydrogens (tertiary/aromatic N) is 1. The van der Waals surface area contributed by atoms with Crippen LogP contribution in [0.4, 0.5) is 0 Å². The van der Waals surface area contributed by atoms with Gasteiger partial charge in [-0.2, -0.15) is 0 Å². The number of hydrogen-bond acceptors (Lipinski definition) is 4. The van der Waals surface area contributed by atoms with Gasteiger partial charge in [-0.1, -0.05) is 31.2 Å². The SMILES string of the molecule is CC(C(=O)CO)c1ccc(-c2cscn2)cc1. The zero-order valence-electron chi connectivity index (χ0n) is 9.46. The molecule has 0 fully saturated rings. The average molecular weight is 247 g/mol. The van der Waals surface area contributed by atoms with Gasteiger partial charge in [-0.05, 0) is 5.56 Å². The molecule has 0 saturated carbocycles.